The van der Waals surface area contributed by atoms with Crippen molar-refractivity contribution < 1.29 is 18.6 Å². The van der Waals surface area contributed by atoms with Crippen LogP contribution in [-0.4, -0.2) is 37.4 Å². The largest absolute Gasteiger partial charge is 0.395 e. The third kappa shape index (κ3) is 3.76. The summed E-state index contributed by atoms with van der Waals surface area (Å²) in [6, 6.07) is 5.45. The second kappa shape index (κ2) is 6.63. The lowest BCUT2D eigenvalue weighted by molar-refractivity contribution is 0.0979. The van der Waals surface area contributed by atoms with Crippen LogP contribution in [0.4, 0.5) is 0 Å². The van der Waals surface area contributed by atoms with Crippen molar-refractivity contribution in [2.45, 2.75) is 30.4 Å². The van der Waals surface area contributed by atoms with E-state index >= 15 is 0 Å². The van der Waals surface area contributed by atoms with Gasteiger partial charge in [-0.25, -0.2) is 13.1 Å². The molecule has 0 bridgehead atoms. The second-order valence-electron chi connectivity index (χ2n) is 3.82. The van der Waals surface area contributed by atoms with Crippen molar-refractivity contribution in [1.82, 2.24) is 4.72 Å². The fourth-order valence-corrected chi connectivity index (χ4v) is 3.71. The van der Waals surface area contributed by atoms with Gasteiger partial charge in [-0.3, -0.25) is 0 Å². The summed E-state index contributed by atoms with van der Waals surface area (Å²) >= 11 is 3.15. The zero-order chi connectivity index (χ0) is 13.8. The molecule has 0 saturated carbocycles. The highest BCUT2D eigenvalue weighted by molar-refractivity contribution is 9.10. The maximum Gasteiger partial charge on any atom is 0.242 e. The molecule has 1 aromatic rings. The molecule has 18 heavy (non-hydrogen) atoms. The van der Waals surface area contributed by atoms with E-state index in [1.54, 1.807) is 25.1 Å². The molecular weight excluding hydrogens is 322 g/mol. The minimum absolute atomic E-state index is 0.0757. The van der Waals surface area contributed by atoms with E-state index in [1.807, 2.05) is 0 Å². The van der Waals surface area contributed by atoms with Gasteiger partial charge >= 0.3 is 0 Å². The summed E-state index contributed by atoms with van der Waals surface area (Å²) in [5, 5.41) is 18.7. The van der Waals surface area contributed by atoms with Crippen molar-refractivity contribution in [3.8, 4) is 0 Å². The van der Waals surface area contributed by atoms with Gasteiger partial charge in [0.2, 0.25) is 10.0 Å². The van der Waals surface area contributed by atoms with E-state index in [0.29, 0.717) is 10.9 Å². The third-order valence-corrected chi connectivity index (χ3v) is 5.01. The molecule has 2 atom stereocenters. The van der Waals surface area contributed by atoms with Crippen molar-refractivity contribution in [2.75, 3.05) is 6.61 Å². The van der Waals surface area contributed by atoms with E-state index in [9.17, 15) is 13.5 Å². The number of halogens is 1. The van der Waals surface area contributed by atoms with Gasteiger partial charge in [0.05, 0.1) is 23.6 Å². The smallest absolute Gasteiger partial charge is 0.242 e. The molecule has 0 amide bonds. The first-order valence-corrected chi connectivity index (χ1v) is 7.75. The number of hydrogen-bond acceptors (Lipinski definition) is 4. The molecule has 0 fully saturated rings. The molecule has 0 heterocycles. The molecule has 1 rings (SSSR count). The van der Waals surface area contributed by atoms with Gasteiger partial charge in [-0.1, -0.05) is 19.1 Å². The summed E-state index contributed by atoms with van der Waals surface area (Å²) in [6.07, 6.45) is -0.573. The number of aliphatic hydroxyl groups excluding tert-OH is 2. The lowest BCUT2D eigenvalue weighted by atomic mass is 10.1. The number of nitrogens with one attached hydrogen (secondary N) is 1. The summed E-state index contributed by atoms with van der Waals surface area (Å²) < 4.78 is 26.9. The molecule has 0 saturated heterocycles. The normalized spacial score (nSPS) is 15.3. The third-order valence-electron chi connectivity index (χ3n) is 2.51. The van der Waals surface area contributed by atoms with E-state index in [-0.39, 0.29) is 4.90 Å². The first-order chi connectivity index (χ1) is 8.42. The van der Waals surface area contributed by atoms with Gasteiger partial charge < -0.3 is 10.2 Å². The molecule has 0 spiro atoms. The topological polar surface area (TPSA) is 86.6 Å². The van der Waals surface area contributed by atoms with E-state index < -0.39 is 28.8 Å². The lowest BCUT2D eigenvalue weighted by Crippen LogP contribution is -2.45. The number of benzene rings is 1. The Bertz CT molecular complexity index is 492. The molecule has 3 N–H and O–H groups in total. The summed E-state index contributed by atoms with van der Waals surface area (Å²) in [7, 11) is -3.77. The standard InChI is InChI=1S/C11H16BrNO4S/c1-2-10(15)9(7-14)13-18(16,17)11-6-4-3-5-8(11)12/h3-6,9-10,13-15H,2,7H2,1H3/t9-,10+/m1/s1. The predicted molar refractivity (Wildman–Crippen MR) is 71.6 cm³/mol. The van der Waals surface area contributed by atoms with Crippen LogP contribution in [0.2, 0.25) is 0 Å². The number of hydrogen-bond donors (Lipinski definition) is 3. The Morgan fingerprint density at radius 2 is 2.00 bits per heavy atom. The monoisotopic (exact) mass is 337 g/mol. The van der Waals surface area contributed by atoms with E-state index in [0.717, 1.165) is 0 Å². The van der Waals surface area contributed by atoms with Crippen LogP contribution in [-0.2, 0) is 10.0 Å². The maximum absolute atomic E-state index is 12.1. The highest BCUT2D eigenvalue weighted by Gasteiger charge is 2.25. The quantitative estimate of drug-likeness (QED) is 0.718. The molecule has 5 nitrogen and oxygen atoms in total. The number of rotatable bonds is 6. The van der Waals surface area contributed by atoms with Gasteiger partial charge in [0, 0.05) is 4.47 Å². The minimum atomic E-state index is -3.77. The Morgan fingerprint density at radius 1 is 1.39 bits per heavy atom. The molecule has 0 unspecified atom stereocenters. The maximum atomic E-state index is 12.1. The van der Waals surface area contributed by atoms with Crippen molar-refractivity contribution in [2.24, 2.45) is 0 Å². The Kier molecular flexibility index (Phi) is 5.74. The SMILES string of the molecule is CC[C@H](O)[C@@H](CO)NS(=O)(=O)c1ccccc1Br. The van der Waals surface area contributed by atoms with Crippen LogP contribution in [0.3, 0.4) is 0 Å². The molecule has 1 aromatic carbocycles. The van der Waals surface area contributed by atoms with Crippen LogP contribution < -0.4 is 4.72 Å². The Morgan fingerprint density at radius 3 is 2.50 bits per heavy atom. The zero-order valence-electron chi connectivity index (χ0n) is 9.88. The number of aliphatic hydroxyl groups is 2. The highest BCUT2D eigenvalue weighted by Crippen LogP contribution is 2.21. The van der Waals surface area contributed by atoms with Gasteiger partial charge in [-0.2, -0.15) is 0 Å². The molecule has 0 aromatic heterocycles. The van der Waals surface area contributed by atoms with Crippen LogP contribution in [0, 0.1) is 0 Å². The average molecular weight is 338 g/mol. The van der Waals surface area contributed by atoms with Gasteiger partial charge in [-0.15, -0.1) is 0 Å². The van der Waals surface area contributed by atoms with Crippen LogP contribution in [0.25, 0.3) is 0 Å². The average Bonchev–Trinajstić information content (AvgIpc) is 2.35. The fourth-order valence-electron chi connectivity index (χ4n) is 1.45. The van der Waals surface area contributed by atoms with Crippen molar-refractivity contribution >= 4 is 26.0 Å². The molecule has 0 aliphatic carbocycles. The minimum Gasteiger partial charge on any atom is -0.395 e. The van der Waals surface area contributed by atoms with E-state index in [2.05, 4.69) is 20.7 Å². The molecule has 0 aliphatic heterocycles. The van der Waals surface area contributed by atoms with Crippen molar-refractivity contribution in [3.05, 3.63) is 28.7 Å². The molecule has 7 heteroatoms. The van der Waals surface area contributed by atoms with Crippen LogP contribution in [0.15, 0.2) is 33.6 Å². The van der Waals surface area contributed by atoms with Crippen molar-refractivity contribution in [1.29, 1.82) is 0 Å². The molecule has 0 radical (unpaired) electrons. The summed E-state index contributed by atoms with van der Waals surface area (Å²) in [4.78, 5) is 0.0757. The van der Waals surface area contributed by atoms with Gasteiger partial charge in [0.15, 0.2) is 0 Å². The predicted octanol–water partition coefficient (Wildman–Crippen LogP) is 0.859. The Balaban J connectivity index is 2.98. The van der Waals surface area contributed by atoms with Gasteiger partial charge in [-0.05, 0) is 34.5 Å². The first-order valence-electron chi connectivity index (χ1n) is 5.48. The van der Waals surface area contributed by atoms with Crippen LogP contribution in [0.1, 0.15) is 13.3 Å². The van der Waals surface area contributed by atoms with Crippen LogP contribution in [0.5, 0.6) is 0 Å². The first kappa shape index (κ1) is 15.6. The fraction of sp³-hybridized carbons (Fsp3) is 0.455. The summed E-state index contributed by atoms with van der Waals surface area (Å²) in [5.74, 6) is 0. The van der Waals surface area contributed by atoms with E-state index in [1.165, 1.54) is 6.07 Å². The Labute approximate surface area is 115 Å². The van der Waals surface area contributed by atoms with Gasteiger partial charge in [0.1, 0.15) is 0 Å². The molecule has 0 aliphatic rings. The zero-order valence-corrected chi connectivity index (χ0v) is 12.3. The summed E-state index contributed by atoms with van der Waals surface area (Å²) in [5.41, 5.74) is 0. The lowest BCUT2D eigenvalue weighted by Gasteiger charge is -2.21. The second-order valence-corrected chi connectivity index (χ2v) is 6.35. The van der Waals surface area contributed by atoms with Gasteiger partial charge in [0.25, 0.3) is 0 Å². The Hall–Kier alpha value is -0.470. The number of sulfonamides is 1. The van der Waals surface area contributed by atoms with Crippen LogP contribution >= 0.6 is 15.9 Å². The molecule has 102 valence electrons. The summed E-state index contributed by atoms with van der Waals surface area (Å²) in [6.45, 7) is 1.25. The van der Waals surface area contributed by atoms with E-state index in [4.69, 9.17) is 5.11 Å². The molecular formula is C11H16BrNO4S. The highest BCUT2D eigenvalue weighted by atomic mass is 79.9. The van der Waals surface area contributed by atoms with Crippen molar-refractivity contribution in [3.63, 3.8) is 0 Å².